The number of methoxy groups -OCH3 is 1. The van der Waals surface area contributed by atoms with Crippen molar-refractivity contribution in [3.63, 3.8) is 0 Å². The number of aliphatic imine (C=N–C) groups is 1. The lowest BCUT2D eigenvalue weighted by Gasteiger charge is -2.54. The van der Waals surface area contributed by atoms with Gasteiger partial charge in [-0.2, -0.15) is 0 Å². The van der Waals surface area contributed by atoms with Gasteiger partial charge in [0.25, 0.3) is 0 Å². The lowest BCUT2D eigenvalue weighted by atomic mass is 9.62. The van der Waals surface area contributed by atoms with Gasteiger partial charge in [0.05, 0.1) is 7.11 Å². The van der Waals surface area contributed by atoms with Crippen LogP contribution in [0, 0.1) is 11.8 Å². The Morgan fingerprint density at radius 2 is 1.83 bits per heavy atom. The third-order valence-corrected chi connectivity index (χ3v) is 12.1. The SMILES string of the molecule is CC[Si](CC)(CC)O[C@@]12CC[C@@H](C(OC(=O)OC(C)(C)C)=N1)[C@@H](c1ccc(Cl)nc1)[C@@H]2C(=O)OC. The van der Waals surface area contributed by atoms with E-state index in [1.54, 1.807) is 33.0 Å². The zero-order chi connectivity index (χ0) is 26.0. The van der Waals surface area contributed by atoms with Gasteiger partial charge in [0.15, 0.2) is 14.0 Å². The molecule has 1 aliphatic carbocycles. The highest BCUT2D eigenvalue weighted by atomic mass is 35.5. The molecule has 0 radical (unpaired) electrons. The zero-order valence-electron chi connectivity index (χ0n) is 21.7. The van der Waals surface area contributed by atoms with E-state index in [1.807, 2.05) is 6.07 Å². The molecule has 1 saturated carbocycles. The Morgan fingerprint density at radius 1 is 1.17 bits per heavy atom. The van der Waals surface area contributed by atoms with Crippen LogP contribution in [-0.4, -0.2) is 49.8 Å². The second-order valence-corrected chi connectivity index (χ2v) is 15.4. The predicted octanol–water partition coefficient (Wildman–Crippen LogP) is 6.10. The van der Waals surface area contributed by atoms with Crippen molar-refractivity contribution in [1.29, 1.82) is 0 Å². The Balaban J connectivity index is 2.16. The monoisotopic (exact) mass is 524 g/mol. The molecule has 4 rings (SSSR count). The number of ether oxygens (including phenoxy) is 3. The quantitative estimate of drug-likeness (QED) is 0.241. The molecule has 0 aromatic carbocycles. The van der Waals surface area contributed by atoms with Crippen LogP contribution in [0.2, 0.25) is 23.3 Å². The minimum absolute atomic E-state index is 0.233. The van der Waals surface area contributed by atoms with Gasteiger partial charge < -0.3 is 18.6 Å². The molecule has 1 aromatic rings. The maximum absolute atomic E-state index is 13.3. The zero-order valence-corrected chi connectivity index (χ0v) is 23.5. The third-order valence-electron chi connectivity index (χ3n) is 7.20. The van der Waals surface area contributed by atoms with E-state index in [-0.39, 0.29) is 11.8 Å². The highest BCUT2D eigenvalue weighted by Crippen LogP contribution is 2.56. The largest absolute Gasteiger partial charge is 0.515 e. The molecular formula is C25H37ClN2O6Si. The molecule has 0 spiro atoms. The van der Waals surface area contributed by atoms with Crippen LogP contribution < -0.4 is 0 Å². The van der Waals surface area contributed by atoms with Crippen LogP contribution in [0.4, 0.5) is 4.79 Å². The summed E-state index contributed by atoms with van der Waals surface area (Å²) in [5, 5.41) is 0.351. The van der Waals surface area contributed by atoms with E-state index in [0.29, 0.717) is 18.0 Å². The Morgan fingerprint density at radius 3 is 2.34 bits per heavy atom. The number of esters is 1. The molecule has 194 valence electrons. The molecule has 0 saturated heterocycles. The molecule has 4 atom stereocenters. The van der Waals surface area contributed by atoms with E-state index in [0.717, 1.165) is 23.7 Å². The number of aromatic nitrogens is 1. The van der Waals surface area contributed by atoms with Crippen molar-refractivity contribution < 1.29 is 28.2 Å². The van der Waals surface area contributed by atoms with E-state index in [2.05, 4.69) is 25.8 Å². The number of pyridine rings is 1. The van der Waals surface area contributed by atoms with Crippen LogP contribution in [0.5, 0.6) is 0 Å². The minimum atomic E-state index is -2.24. The molecule has 8 nitrogen and oxygen atoms in total. The lowest BCUT2D eigenvalue weighted by molar-refractivity contribution is -0.162. The van der Waals surface area contributed by atoms with E-state index in [1.165, 1.54) is 7.11 Å². The van der Waals surface area contributed by atoms with Gasteiger partial charge in [-0.25, -0.2) is 14.8 Å². The molecule has 0 amide bonds. The van der Waals surface area contributed by atoms with Crippen LogP contribution in [0.25, 0.3) is 0 Å². The van der Waals surface area contributed by atoms with Crippen LogP contribution >= 0.6 is 11.6 Å². The fourth-order valence-electron chi connectivity index (χ4n) is 5.28. The summed E-state index contributed by atoms with van der Waals surface area (Å²) in [5.41, 5.74) is -1.13. The summed E-state index contributed by atoms with van der Waals surface area (Å²) in [6.07, 6.45) is 1.99. The van der Waals surface area contributed by atoms with Gasteiger partial charge in [-0.05, 0) is 63.4 Å². The molecule has 35 heavy (non-hydrogen) atoms. The van der Waals surface area contributed by atoms with E-state index in [4.69, 9.17) is 35.2 Å². The first-order valence-corrected chi connectivity index (χ1v) is 15.2. The molecule has 2 aliphatic heterocycles. The number of rotatable bonds is 7. The van der Waals surface area contributed by atoms with Gasteiger partial charge in [-0.3, -0.25) is 4.79 Å². The summed E-state index contributed by atoms with van der Waals surface area (Å²) in [4.78, 5) is 35.1. The second kappa shape index (κ2) is 10.6. The maximum atomic E-state index is 13.3. The predicted molar refractivity (Wildman–Crippen MR) is 136 cm³/mol. The van der Waals surface area contributed by atoms with Crippen molar-refractivity contribution in [1.82, 2.24) is 4.98 Å². The number of carbonyl (C=O) groups is 2. The van der Waals surface area contributed by atoms with Crippen molar-refractivity contribution in [2.45, 2.75) is 89.8 Å². The van der Waals surface area contributed by atoms with Gasteiger partial charge in [-0.1, -0.05) is 38.4 Å². The summed E-state index contributed by atoms with van der Waals surface area (Å²) in [6.45, 7) is 11.7. The standard InChI is InChI=1S/C25H37ClN2O6Si/c1-8-35(9-2,10-3)34-25-14-13-17(21(28-25)32-23(30)33-24(4,5)6)19(20(25)22(29)31-7)16-11-12-18(26)27-15-16/h11-12,15,17,19-20H,8-10,13-14H2,1-7H3/t17-,19-,20-,25-/m1/s1. The molecule has 1 aromatic heterocycles. The molecule has 3 heterocycles. The van der Waals surface area contributed by atoms with Gasteiger partial charge in [0, 0.05) is 18.0 Å². The minimum Gasteiger partial charge on any atom is -0.469 e. The van der Waals surface area contributed by atoms with Crippen molar-refractivity contribution in [2.75, 3.05) is 7.11 Å². The van der Waals surface area contributed by atoms with Crippen LogP contribution in [0.3, 0.4) is 0 Å². The highest BCUT2D eigenvalue weighted by molar-refractivity contribution is 6.73. The topological polar surface area (TPSA) is 96.3 Å². The van der Waals surface area contributed by atoms with Crippen LogP contribution in [-0.2, 0) is 23.4 Å². The van der Waals surface area contributed by atoms with Gasteiger partial charge in [-0.15, -0.1) is 0 Å². The van der Waals surface area contributed by atoms with E-state index in [9.17, 15) is 9.59 Å². The molecular weight excluding hydrogens is 488 g/mol. The number of hydrogen-bond donors (Lipinski definition) is 0. The Labute approximate surface area is 213 Å². The van der Waals surface area contributed by atoms with Gasteiger partial charge in [0.2, 0.25) is 5.90 Å². The summed E-state index contributed by atoms with van der Waals surface area (Å²) in [7, 11) is -0.868. The average Bonchev–Trinajstić information content (AvgIpc) is 2.81. The number of nitrogens with zero attached hydrogens (tertiary/aromatic N) is 2. The number of carbonyl (C=O) groups excluding carboxylic acids is 2. The molecule has 0 unspecified atom stereocenters. The molecule has 1 fully saturated rings. The summed E-state index contributed by atoms with van der Waals surface area (Å²) in [6, 6.07) is 6.17. The van der Waals surface area contributed by atoms with Crippen molar-refractivity contribution in [3.8, 4) is 0 Å². The first-order chi connectivity index (χ1) is 16.4. The van der Waals surface area contributed by atoms with Crippen LogP contribution in [0.1, 0.15) is 65.9 Å². The van der Waals surface area contributed by atoms with Gasteiger partial charge in [0.1, 0.15) is 16.7 Å². The normalized spacial score (nSPS) is 26.2. The summed E-state index contributed by atoms with van der Waals surface area (Å²) in [5.74, 6) is -1.64. The second-order valence-electron chi connectivity index (χ2n) is 10.3. The number of halogens is 1. The summed E-state index contributed by atoms with van der Waals surface area (Å²) >= 11 is 6.05. The van der Waals surface area contributed by atoms with Crippen LogP contribution in [0.15, 0.2) is 23.3 Å². The van der Waals surface area contributed by atoms with E-state index < -0.39 is 43.6 Å². The van der Waals surface area contributed by atoms with Gasteiger partial charge >= 0.3 is 12.1 Å². The Kier molecular flexibility index (Phi) is 8.33. The highest BCUT2D eigenvalue weighted by Gasteiger charge is 2.62. The molecule has 2 bridgehead atoms. The Bertz CT molecular complexity index is 951. The van der Waals surface area contributed by atoms with Crippen molar-refractivity contribution in [3.05, 3.63) is 29.0 Å². The first kappa shape index (κ1) is 27.6. The average molecular weight is 525 g/mol. The summed E-state index contributed by atoms with van der Waals surface area (Å²) < 4.78 is 23.4. The lowest BCUT2D eigenvalue weighted by Crippen LogP contribution is -2.62. The van der Waals surface area contributed by atoms with Crippen molar-refractivity contribution >= 4 is 37.9 Å². The third kappa shape index (κ3) is 5.72. The smallest absolute Gasteiger partial charge is 0.469 e. The number of hydrogen-bond acceptors (Lipinski definition) is 8. The molecule has 10 heteroatoms. The molecule has 0 N–H and O–H groups in total. The Hall–Kier alpha value is -1.97. The van der Waals surface area contributed by atoms with Crippen molar-refractivity contribution in [2.24, 2.45) is 16.8 Å². The first-order valence-electron chi connectivity index (χ1n) is 12.3. The fourth-order valence-corrected chi connectivity index (χ4v) is 8.35. The number of fused-ring (bicyclic) bond motifs is 2. The van der Waals surface area contributed by atoms with E-state index >= 15 is 0 Å². The maximum Gasteiger partial charge on any atom is 0.515 e. The fraction of sp³-hybridized carbons (Fsp3) is 0.680. The molecule has 3 aliphatic rings.